The fourth-order valence-electron chi connectivity index (χ4n) is 2.64. The van der Waals surface area contributed by atoms with Gasteiger partial charge in [-0.1, -0.05) is 47.6 Å². The molecule has 0 aliphatic heterocycles. The summed E-state index contributed by atoms with van der Waals surface area (Å²) in [6, 6.07) is 15.8. The number of nitrogens with one attached hydrogen (secondary N) is 2. The first-order chi connectivity index (χ1) is 14.9. The number of halogens is 1. The average Bonchev–Trinajstić information content (AvgIpc) is 2.72. The molecule has 0 saturated carbocycles. The quantitative estimate of drug-likeness (QED) is 0.241. The third-order valence-electron chi connectivity index (χ3n) is 3.96. The number of benzene rings is 2. The van der Waals surface area contributed by atoms with Gasteiger partial charge in [0.25, 0.3) is 11.8 Å². The fraction of sp³-hybridized carbons (Fsp3) is 0.136. The molecular weight excluding hydrogens is 434 g/mol. The van der Waals surface area contributed by atoms with Crippen LogP contribution in [0.2, 0.25) is 5.02 Å². The number of carbonyl (C=O) groups excluding carboxylic acids is 2. The summed E-state index contributed by atoms with van der Waals surface area (Å²) >= 11 is 7.31. The highest BCUT2D eigenvalue weighted by Gasteiger charge is 2.10. The third-order valence-corrected chi connectivity index (χ3v) is 5.14. The molecule has 3 rings (SSSR count). The number of hydrogen-bond donors (Lipinski definition) is 2. The third kappa shape index (κ3) is 6.91. The number of amides is 2. The summed E-state index contributed by atoms with van der Waals surface area (Å²) in [5.41, 5.74) is 5.87. The maximum absolute atomic E-state index is 12.4. The number of anilines is 1. The second-order valence-electron chi connectivity index (χ2n) is 6.57. The van der Waals surface area contributed by atoms with Crippen LogP contribution >= 0.6 is 23.4 Å². The van der Waals surface area contributed by atoms with Crippen molar-refractivity contribution in [3.8, 4) is 0 Å². The molecule has 158 valence electrons. The van der Waals surface area contributed by atoms with Crippen LogP contribution in [0.25, 0.3) is 0 Å². The fourth-order valence-corrected chi connectivity index (χ4v) is 3.60. The number of carbonyl (C=O) groups is 2. The van der Waals surface area contributed by atoms with Crippen LogP contribution in [0.15, 0.2) is 64.9 Å². The van der Waals surface area contributed by atoms with E-state index < -0.39 is 0 Å². The number of nitrogens with zero attached hydrogens (tertiary/aromatic N) is 3. The minimum Gasteiger partial charge on any atom is -0.322 e. The Hall–Kier alpha value is -3.23. The van der Waals surface area contributed by atoms with E-state index in [0.717, 1.165) is 11.4 Å². The summed E-state index contributed by atoms with van der Waals surface area (Å²) < 4.78 is 0. The van der Waals surface area contributed by atoms with Crippen molar-refractivity contribution in [1.82, 2.24) is 15.4 Å². The van der Waals surface area contributed by atoms with Crippen LogP contribution in [0.4, 0.5) is 5.69 Å². The van der Waals surface area contributed by atoms with Crippen LogP contribution in [-0.2, 0) is 4.79 Å². The van der Waals surface area contributed by atoms with Gasteiger partial charge in [0.1, 0.15) is 0 Å². The van der Waals surface area contributed by atoms with Gasteiger partial charge in [-0.25, -0.2) is 15.4 Å². The summed E-state index contributed by atoms with van der Waals surface area (Å²) in [6.07, 6.45) is 1.50. The van der Waals surface area contributed by atoms with Gasteiger partial charge in [0.2, 0.25) is 0 Å². The molecule has 1 aromatic heterocycles. The van der Waals surface area contributed by atoms with Gasteiger partial charge in [-0.2, -0.15) is 5.10 Å². The lowest BCUT2D eigenvalue weighted by Gasteiger charge is -2.07. The SMILES string of the molecule is Cc1cc(C)nc(SCC(=O)N/N=C/c2cccc(NC(=O)c3ccccc3Cl)c2)n1. The van der Waals surface area contributed by atoms with Crippen molar-refractivity contribution in [1.29, 1.82) is 0 Å². The van der Waals surface area contributed by atoms with Gasteiger partial charge in [-0.3, -0.25) is 9.59 Å². The zero-order chi connectivity index (χ0) is 22.2. The van der Waals surface area contributed by atoms with Crippen molar-refractivity contribution >= 4 is 47.1 Å². The summed E-state index contributed by atoms with van der Waals surface area (Å²) in [5.74, 6) is -0.431. The second kappa shape index (κ2) is 10.7. The molecule has 0 aliphatic carbocycles. The van der Waals surface area contributed by atoms with Crippen LogP contribution in [-0.4, -0.2) is 33.7 Å². The van der Waals surface area contributed by atoms with Crippen molar-refractivity contribution in [3.05, 3.63) is 82.1 Å². The van der Waals surface area contributed by atoms with E-state index >= 15 is 0 Å². The minimum atomic E-state index is -0.307. The van der Waals surface area contributed by atoms with Crippen molar-refractivity contribution in [2.24, 2.45) is 5.10 Å². The molecule has 0 spiro atoms. The van der Waals surface area contributed by atoms with Crippen LogP contribution < -0.4 is 10.7 Å². The van der Waals surface area contributed by atoms with Crippen LogP contribution in [0, 0.1) is 13.8 Å². The van der Waals surface area contributed by atoms with Crippen LogP contribution in [0.3, 0.4) is 0 Å². The van der Waals surface area contributed by atoms with Gasteiger partial charge in [-0.15, -0.1) is 0 Å². The van der Waals surface area contributed by atoms with E-state index in [2.05, 4.69) is 25.8 Å². The lowest BCUT2D eigenvalue weighted by molar-refractivity contribution is -0.118. The molecule has 7 nitrogen and oxygen atoms in total. The van der Waals surface area contributed by atoms with Gasteiger partial charge in [0, 0.05) is 17.1 Å². The van der Waals surface area contributed by atoms with E-state index in [1.807, 2.05) is 19.9 Å². The number of aryl methyl sites for hydroxylation is 2. The maximum atomic E-state index is 12.4. The zero-order valence-electron chi connectivity index (χ0n) is 16.9. The Labute approximate surface area is 189 Å². The highest BCUT2D eigenvalue weighted by atomic mass is 35.5. The van der Waals surface area contributed by atoms with Gasteiger partial charge in [0.15, 0.2) is 5.16 Å². The Morgan fingerprint density at radius 1 is 1.06 bits per heavy atom. The topological polar surface area (TPSA) is 96.3 Å². The monoisotopic (exact) mass is 453 g/mol. The highest BCUT2D eigenvalue weighted by molar-refractivity contribution is 7.99. The van der Waals surface area contributed by atoms with E-state index in [-0.39, 0.29) is 17.6 Å². The first-order valence-electron chi connectivity index (χ1n) is 9.33. The largest absolute Gasteiger partial charge is 0.322 e. The average molecular weight is 454 g/mol. The van der Waals surface area contributed by atoms with Gasteiger partial charge in [-0.05, 0) is 49.7 Å². The Morgan fingerprint density at radius 2 is 1.81 bits per heavy atom. The van der Waals surface area contributed by atoms with Crippen molar-refractivity contribution in [3.63, 3.8) is 0 Å². The molecule has 0 radical (unpaired) electrons. The number of aromatic nitrogens is 2. The zero-order valence-corrected chi connectivity index (χ0v) is 18.5. The molecule has 2 amide bonds. The molecule has 31 heavy (non-hydrogen) atoms. The minimum absolute atomic E-state index is 0.147. The molecular formula is C22H20ClN5O2S. The molecule has 0 unspecified atom stereocenters. The summed E-state index contributed by atoms with van der Waals surface area (Å²) in [7, 11) is 0. The van der Waals surface area contributed by atoms with Gasteiger partial charge in [0.05, 0.1) is 22.6 Å². The van der Waals surface area contributed by atoms with Crippen molar-refractivity contribution in [2.45, 2.75) is 19.0 Å². The lowest BCUT2D eigenvalue weighted by Crippen LogP contribution is -2.19. The summed E-state index contributed by atoms with van der Waals surface area (Å²) in [6.45, 7) is 3.77. The normalized spacial score (nSPS) is 10.8. The number of hydrazone groups is 1. The standard InChI is InChI=1S/C22H20ClN5O2S/c1-14-10-15(2)26-22(25-14)31-13-20(29)28-24-12-16-6-5-7-17(11-16)27-21(30)18-8-3-4-9-19(18)23/h3-12H,13H2,1-2H3,(H,27,30)(H,28,29)/b24-12+. The predicted molar refractivity (Wildman–Crippen MR) is 124 cm³/mol. The number of rotatable bonds is 7. The van der Waals surface area contributed by atoms with E-state index in [4.69, 9.17) is 11.6 Å². The summed E-state index contributed by atoms with van der Waals surface area (Å²) in [5, 5.41) is 7.70. The molecule has 0 aliphatic rings. The molecule has 9 heteroatoms. The molecule has 3 aromatic rings. The van der Waals surface area contributed by atoms with Gasteiger partial charge < -0.3 is 5.32 Å². The van der Waals surface area contributed by atoms with Crippen molar-refractivity contribution < 1.29 is 9.59 Å². The Kier molecular flexibility index (Phi) is 7.75. The lowest BCUT2D eigenvalue weighted by atomic mass is 10.2. The molecule has 0 bridgehead atoms. The maximum Gasteiger partial charge on any atom is 0.257 e. The van der Waals surface area contributed by atoms with E-state index in [1.165, 1.54) is 18.0 Å². The smallest absolute Gasteiger partial charge is 0.257 e. The predicted octanol–water partition coefficient (Wildman–Crippen LogP) is 4.24. The first kappa shape index (κ1) is 22.5. The van der Waals surface area contributed by atoms with E-state index in [1.54, 1.807) is 48.5 Å². The Bertz CT molecular complexity index is 1120. The molecule has 0 saturated heterocycles. The van der Waals surface area contributed by atoms with Gasteiger partial charge >= 0.3 is 0 Å². The molecule has 0 atom stereocenters. The Balaban J connectivity index is 1.53. The molecule has 2 aromatic carbocycles. The van der Waals surface area contributed by atoms with Crippen LogP contribution in [0.1, 0.15) is 27.3 Å². The van der Waals surface area contributed by atoms with E-state index in [0.29, 0.717) is 27.0 Å². The first-order valence-corrected chi connectivity index (χ1v) is 10.7. The van der Waals surface area contributed by atoms with E-state index in [9.17, 15) is 9.59 Å². The highest BCUT2D eigenvalue weighted by Crippen LogP contribution is 2.18. The van der Waals surface area contributed by atoms with Crippen LogP contribution in [0.5, 0.6) is 0 Å². The number of thioether (sulfide) groups is 1. The Morgan fingerprint density at radius 3 is 2.55 bits per heavy atom. The molecule has 2 N–H and O–H groups in total. The summed E-state index contributed by atoms with van der Waals surface area (Å²) in [4.78, 5) is 33.0. The van der Waals surface area contributed by atoms with Crippen molar-refractivity contribution in [2.75, 3.05) is 11.1 Å². The second-order valence-corrected chi connectivity index (χ2v) is 7.92. The molecule has 1 heterocycles. The molecule has 0 fully saturated rings. The number of hydrogen-bond acceptors (Lipinski definition) is 6.